The van der Waals surface area contributed by atoms with Crippen LogP contribution in [-0.4, -0.2) is 32.3 Å². The Kier molecular flexibility index (Phi) is 12.4. The normalized spacial score (nSPS) is 11.1. The number of ketones is 3. The van der Waals surface area contributed by atoms with Gasteiger partial charge in [-0.3, -0.25) is 29.3 Å². The molecule has 0 atom stereocenters. The Hall–Kier alpha value is -5.10. The van der Waals surface area contributed by atoms with E-state index in [0.717, 1.165) is 72.0 Å². The highest BCUT2D eigenvalue weighted by Gasteiger charge is 2.21. The fourth-order valence-electron chi connectivity index (χ4n) is 6.13. The first-order valence-corrected chi connectivity index (χ1v) is 17.8. The summed E-state index contributed by atoms with van der Waals surface area (Å²) in [6, 6.07) is 21.8. The summed E-state index contributed by atoms with van der Waals surface area (Å²) in [5, 5.41) is 3.20. The molecule has 264 valence electrons. The highest BCUT2D eigenvalue weighted by molar-refractivity contribution is 6.11. The molecule has 0 radical (unpaired) electrons. The quantitative estimate of drug-likeness (QED) is 0.163. The standard InChI is InChI=1S/C16H18O.C15H17NO.C14H16N2O/c1-10(2)16(17)15-12(4)11(3)9-13-7-5-6-8-14(13)15;1-9(2)15(17)14-10(3)11(4)16-13-8-6-5-7-12(13)14;1-8(2)14(17)12-9(3)10(4)16-11-6-5-7-15-13(11)12/h5-10H,1-4H3;5-9H,1-4H3;5-8H,1-4H3. The third-order valence-corrected chi connectivity index (χ3v) is 9.49. The second-order valence-corrected chi connectivity index (χ2v) is 14.3. The highest BCUT2D eigenvalue weighted by Crippen LogP contribution is 2.28. The van der Waals surface area contributed by atoms with E-state index < -0.39 is 0 Å². The summed E-state index contributed by atoms with van der Waals surface area (Å²) in [6.07, 6.45) is 1.70. The molecule has 0 saturated heterocycles. The van der Waals surface area contributed by atoms with Crippen LogP contribution < -0.4 is 0 Å². The molecule has 0 aliphatic carbocycles. The van der Waals surface area contributed by atoms with Crippen molar-refractivity contribution in [3.8, 4) is 0 Å². The van der Waals surface area contributed by atoms with Crippen LogP contribution in [-0.2, 0) is 0 Å². The first-order chi connectivity index (χ1) is 24.1. The molecule has 6 nitrogen and oxygen atoms in total. The van der Waals surface area contributed by atoms with E-state index in [-0.39, 0.29) is 35.1 Å². The van der Waals surface area contributed by atoms with Crippen molar-refractivity contribution in [2.75, 3.05) is 0 Å². The van der Waals surface area contributed by atoms with E-state index in [1.165, 1.54) is 5.56 Å². The predicted octanol–water partition coefficient (Wildman–Crippen LogP) is 11.1. The van der Waals surface area contributed by atoms with Crippen LogP contribution in [0.5, 0.6) is 0 Å². The average Bonchev–Trinajstić information content (AvgIpc) is 3.09. The number of fused-ring (bicyclic) bond motifs is 3. The topological polar surface area (TPSA) is 89.9 Å². The fourth-order valence-corrected chi connectivity index (χ4v) is 6.13. The zero-order valence-corrected chi connectivity index (χ0v) is 32.2. The van der Waals surface area contributed by atoms with Crippen LogP contribution in [0.4, 0.5) is 0 Å². The van der Waals surface area contributed by atoms with Gasteiger partial charge in [-0.05, 0) is 92.8 Å². The van der Waals surface area contributed by atoms with E-state index in [2.05, 4.69) is 34.0 Å². The highest BCUT2D eigenvalue weighted by atomic mass is 16.1. The molecule has 0 N–H and O–H groups in total. The number of nitrogens with zero attached hydrogens (tertiary/aromatic N) is 3. The first-order valence-electron chi connectivity index (χ1n) is 17.8. The maximum atomic E-state index is 12.3. The van der Waals surface area contributed by atoms with Gasteiger partial charge >= 0.3 is 0 Å². The SMILES string of the molecule is Cc1cc2ccccc2c(C(=O)C(C)C)c1C.Cc1nc2ccccc2c(C(=O)C(C)C)c1C.Cc1nc2cccnc2c(C(=O)C(C)C)c1C. The van der Waals surface area contributed by atoms with Crippen LogP contribution in [0.15, 0.2) is 72.9 Å². The van der Waals surface area contributed by atoms with Gasteiger partial charge < -0.3 is 0 Å². The molecule has 0 aliphatic rings. The third-order valence-electron chi connectivity index (χ3n) is 9.49. The molecule has 0 bridgehead atoms. The lowest BCUT2D eigenvalue weighted by atomic mass is 9.89. The van der Waals surface area contributed by atoms with Gasteiger partial charge in [0.1, 0.15) is 0 Å². The molecule has 0 aliphatic heterocycles. The number of carbonyl (C=O) groups is 3. The maximum Gasteiger partial charge on any atom is 0.167 e. The van der Waals surface area contributed by atoms with E-state index in [9.17, 15) is 14.4 Å². The lowest BCUT2D eigenvalue weighted by molar-refractivity contribution is 0.0933. The van der Waals surface area contributed by atoms with Crippen molar-refractivity contribution >= 4 is 50.1 Å². The number of aryl methyl sites for hydroxylation is 3. The Labute approximate surface area is 302 Å². The molecule has 0 unspecified atom stereocenters. The molecule has 6 aromatic rings. The second-order valence-electron chi connectivity index (χ2n) is 14.3. The van der Waals surface area contributed by atoms with Gasteiger partial charge in [-0.15, -0.1) is 0 Å². The average molecular weight is 682 g/mol. The number of rotatable bonds is 6. The van der Waals surface area contributed by atoms with Gasteiger partial charge in [0.15, 0.2) is 17.3 Å². The van der Waals surface area contributed by atoms with Crippen LogP contribution >= 0.6 is 0 Å². The maximum absolute atomic E-state index is 12.3. The summed E-state index contributed by atoms with van der Waals surface area (Å²) in [5.41, 5.74) is 10.9. The Bertz CT molecular complexity index is 2010. The predicted molar refractivity (Wildman–Crippen MR) is 211 cm³/mol. The van der Waals surface area contributed by atoms with Gasteiger partial charge in [-0.2, -0.15) is 0 Å². The molecular formula is C45H51N3O3. The van der Waals surface area contributed by atoms with Crippen molar-refractivity contribution in [3.63, 3.8) is 0 Å². The van der Waals surface area contributed by atoms with Crippen LogP contribution in [0.3, 0.4) is 0 Å². The zero-order chi connectivity index (χ0) is 37.7. The summed E-state index contributed by atoms with van der Waals surface area (Å²) in [4.78, 5) is 50.2. The first kappa shape index (κ1) is 38.7. The van der Waals surface area contributed by atoms with Crippen molar-refractivity contribution in [1.82, 2.24) is 15.0 Å². The Morgan fingerprint density at radius 1 is 0.510 bits per heavy atom. The Balaban J connectivity index is 0.000000172. The van der Waals surface area contributed by atoms with Crippen LogP contribution in [0, 0.1) is 59.3 Å². The van der Waals surface area contributed by atoms with Gasteiger partial charge in [-0.25, -0.2) is 0 Å². The van der Waals surface area contributed by atoms with Crippen LogP contribution in [0.25, 0.3) is 32.7 Å². The number of benzene rings is 3. The molecule has 0 fully saturated rings. The van der Waals surface area contributed by atoms with E-state index in [0.29, 0.717) is 5.52 Å². The fraction of sp³-hybridized carbons (Fsp3) is 0.333. The molecule has 0 saturated carbocycles. The van der Waals surface area contributed by atoms with Gasteiger partial charge in [0.2, 0.25) is 0 Å². The number of hydrogen-bond donors (Lipinski definition) is 0. The number of carbonyl (C=O) groups excluding carboxylic acids is 3. The number of Topliss-reactive ketones (excluding diaryl/α,β-unsaturated/α-hetero) is 3. The minimum atomic E-state index is -0.0271. The van der Waals surface area contributed by atoms with Gasteiger partial charge in [-0.1, -0.05) is 90.1 Å². The van der Waals surface area contributed by atoms with E-state index >= 15 is 0 Å². The summed E-state index contributed by atoms with van der Waals surface area (Å²) < 4.78 is 0. The Morgan fingerprint density at radius 2 is 0.961 bits per heavy atom. The molecule has 51 heavy (non-hydrogen) atoms. The molecule has 3 aromatic carbocycles. The molecule has 6 rings (SSSR count). The number of pyridine rings is 3. The van der Waals surface area contributed by atoms with Crippen LogP contribution in [0.1, 0.15) is 106 Å². The number of aromatic nitrogens is 3. The molecule has 3 aromatic heterocycles. The third kappa shape index (κ3) is 8.28. The van der Waals surface area contributed by atoms with E-state index in [1.807, 2.05) is 131 Å². The van der Waals surface area contributed by atoms with Gasteiger partial charge in [0, 0.05) is 51.9 Å². The van der Waals surface area contributed by atoms with E-state index in [4.69, 9.17) is 0 Å². The van der Waals surface area contributed by atoms with Crippen molar-refractivity contribution < 1.29 is 14.4 Å². The molecular weight excluding hydrogens is 631 g/mol. The number of para-hydroxylation sites is 1. The summed E-state index contributed by atoms with van der Waals surface area (Å²) in [7, 11) is 0. The smallest absolute Gasteiger partial charge is 0.167 e. The molecule has 0 spiro atoms. The van der Waals surface area contributed by atoms with Crippen molar-refractivity contribution in [2.45, 2.75) is 83.1 Å². The largest absolute Gasteiger partial charge is 0.294 e. The lowest BCUT2D eigenvalue weighted by Gasteiger charge is -2.14. The van der Waals surface area contributed by atoms with Crippen molar-refractivity contribution in [1.29, 1.82) is 0 Å². The summed E-state index contributed by atoms with van der Waals surface area (Å²) >= 11 is 0. The minimum absolute atomic E-state index is 0.0129. The molecule has 0 amide bonds. The summed E-state index contributed by atoms with van der Waals surface area (Å²) in [6.45, 7) is 23.5. The zero-order valence-electron chi connectivity index (χ0n) is 32.2. The molecule has 6 heteroatoms. The Morgan fingerprint density at radius 3 is 1.55 bits per heavy atom. The van der Waals surface area contributed by atoms with Crippen LogP contribution in [0.2, 0.25) is 0 Å². The van der Waals surface area contributed by atoms with Gasteiger partial charge in [0.05, 0.1) is 22.1 Å². The molecule has 3 heterocycles. The lowest BCUT2D eigenvalue weighted by Crippen LogP contribution is -2.12. The second kappa shape index (κ2) is 16.3. The van der Waals surface area contributed by atoms with E-state index in [1.54, 1.807) is 6.20 Å². The van der Waals surface area contributed by atoms with Crippen molar-refractivity contribution in [3.05, 3.63) is 123 Å². The van der Waals surface area contributed by atoms with Gasteiger partial charge in [0.25, 0.3) is 0 Å². The van der Waals surface area contributed by atoms with Crippen molar-refractivity contribution in [2.24, 2.45) is 17.8 Å². The monoisotopic (exact) mass is 681 g/mol. The number of hydrogen-bond acceptors (Lipinski definition) is 6. The minimum Gasteiger partial charge on any atom is -0.294 e. The summed E-state index contributed by atoms with van der Waals surface area (Å²) in [5.74, 6) is 0.599.